The van der Waals surface area contributed by atoms with Crippen LogP contribution in [0.15, 0.2) is 24.3 Å². The van der Waals surface area contributed by atoms with E-state index in [1.54, 1.807) is 0 Å². The zero-order valence-electron chi connectivity index (χ0n) is 14.4. The Hall–Kier alpha value is -0.810. The van der Waals surface area contributed by atoms with Crippen molar-refractivity contribution in [3.05, 3.63) is 34.9 Å². The summed E-state index contributed by atoms with van der Waals surface area (Å²) in [6, 6.07) is 7.89. The van der Waals surface area contributed by atoms with Crippen molar-refractivity contribution in [2.75, 3.05) is 13.1 Å². The van der Waals surface area contributed by atoms with Gasteiger partial charge in [-0.05, 0) is 74.7 Å². The van der Waals surface area contributed by atoms with Crippen LogP contribution in [0.4, 0.5) is 0 Å². The highest BCUT2D eigenvalue weighted by Gasteiger charge is 2.38. The number of carbonyl (C=O) groups is 1. The smallest absolute Gasteiger partial charge is 0.220 e. The van der Waals surface area contributed by atoms with Crippen LogP contribution in [0, 0.1) is 11.8 Å². The number of hydrogen-bond acceptors (Lipinski definition) is 3. The monoisotopic (exact) mass is 386 g/mol. The molecule has 1 amide bonds. The molecule has 140 valence electrons. The Kier molecular flexibility index (Phi) is 8.01. The highest BCUT2D eigenvalue weighted by atomic mass is 35.5. The molecule has 1 aromatic rings. The molecule has 0 bridgehead atoms. The maximum absolute atomic E-state index is 12.4. The minimum absolute atomic E-state index is 0. The van der Waals surface area contributed by atoms with E-state index >= 15 is 0 Å². The van der Waals surface area contributed by atoms with Gasteiger partial charge in [-0.2, -0.15) is 0 Å². The lowest BCUT2D eigenvalue weighted by atomic mass is 9.71. The summed E-state index contributed by atoms with van der Waals surface area (Å²) in [5.74, 6) is 1.08. The molecule has 0 spiro atoms. The van der Waals surface area contributed by atoms with Gasteiger partial charge in [-0.1, -0.05) is 23.7 Å². The van der Waals surface area contributed by atoms with Crippen molar-refractivity contribution in [3.8, 4) is 0 Å². The van der Waals surface area contributed by atoms with E-state index in [-0.39, 0.29) is 30.5 Å². The minimum Gasteiger partial charge on any atom is -0.393 e. The van der Waals surface area contributed by atoms with Crippen LogP contribution in [0.5, 0.6) is 0 Å². The quantitative estimate of drug-likeness (QED) is 0.704. The minimum atomic E-state index is -0.176. The van der Waals surface area contributed by atoms with Gasteiger partial charge in [0.2, 0.25) is 5.91 Å². The Morgan fingerprint density at radius 2 is 1.84 bits per heavy atom. The van der Waals surface area contributed by atoms with Crippen LogP contribution in [0.1, 0.15) is 37.7 Å². The molecule has 25 heavy (non-hydrogen) atoms. The molecule has 1 aliphatic carbocycles. The Labute approximate surface area is 161 Å². The molecule has 1 saturated carbocycles. The zero-order chi connectivity index (χ0) is 16.9. The van der Waals surface area contributed by atoms with Gasteiger partial charge in [-0.3, -0.25) is 4.79 Å². The Balaban J connectivity index is 0.00000225. The summed E-state index contributed by atoms with van der Waals surface area (Å²) in [5, 5.41) is 17.0. The summed E-state index contributed by atoms with van der Waals surface area (Å²) < 4.78 is 0. The number of aryl methyl sites for hydroxylation is 1. The Bertz CT molecular complexity index is 541. The van der Waals surface area contributed by atoms with Gasteiger partial charge in [0.1, 0.15) is 0 Å². The summed E-state index contributed by atoms with van der Waals surface area (Å²) in [7, 11) is 0. The average molecular weight is 387 g/mol. The fourth-order valence-corrected chi connectivity index (χ4v) is 4.04. The predicted molar refractivity (Wildman–Crippen MR) is 103 cm³/mol. The second-order valence-corrected chi connectivity index (χ2v) is 7.63. The van der Waals surface area contributed by atoms with Crippen molar-refractivity contribution in [1.82, 2.24) is 10.6 Å². The van der Waals surface area contributed by atoms with E-state index in [0.29, 0.717) is 18.3 Å². The summed E-state index contributed by atoms with van der Waals surface area (Å²) in [6.07, 6.45) is 4.92. The number of aliphatic hydroxyl groups excluding tert-OH is 1. The van der Waals surface area contributed by atoms with Crippen LogP contribution >= 0.6 is 24.0 Å². The normalized spacial score (nSPS) is 24.7. The second kappa shape index (κ2) is 9.77. The van der Waals surface area contributed by atoms with E-state index in [0.717, 1.165) is 55.8 Å². The van der Waals surface area contributed by atoms with Gasteiger partial charge in [-0.15, -0.1) is 12.4 Å². The summed E-state index contributed by atoms with van der Waals surface area (Å²) >= 11 is 5.89. The Morgan fingerprint density at radius 3 is 2.44 bits per heavy atom. The third-order valence-electron chi connectivity index (χ3n) is 5.43. The molecule has 2 fully saturated rings. The molecular formula is C19H28Cl2N2O2. The van der Waals surface area contributed by atoms with Crippen LogP contribution in [-0.2, 0) is 11.2 Å². The standard InChI is InChI=1S/C19H27ClN2O2.ClH/c20-16-4-1-13(2-5-16)3-6-18(24)22-19(15-11-17(23)12-15)14-7-9-21-10-8-14;/h1-2,4-5,14-15,17,19,21,23H,3,6-12H2,(H,22,24);1H. The third kappa shape index (κ3) is 5.85. The number of halogens is 2. The van der Waals surface area contributed by atoms with Crippen molar-refractivity contribution in [2.45, 2.75) is 50.7 Å². The van der Waals surface area contributed by atoms with Crippen LogP contribution in [-0.4, -0.2) is 36.2 Å². The Morgan fingerprint density at radius 1 is 1.20 bits per heavy atom. The van der Waals surface area contributed by atoms with Crippen LogP contribution in [0.2, 0.25) is 5.02 Å². The molecular weight excluding hydrogens is 359 g/mol. The zero-order valence-corrected chi connectivity index (χ0v) is 16.0. The summed E-state index contributed by atoms with van der Waals surface area (Å²) in [6.45, 7) is 2.05. The maximum Gasteiger partial charge on any atom is 0.220 e. The number of nitrogens with one attached hydrogen (secondary N) is 2. The third-order valence-corrected chi connectivity index (χ3v) is 5.68. The molecule has 3 N–H and O–H groups in total. The number of piperidine rings is 1. The predicted octanol–water partition coefficient (Wildman–Crippen LogP) is 2.95. The number of hydrogen-bond donors (Lipinski definition) is 3. The SMILES string of the molecule is Cl.O=C(CCc1ccc(Cl)cc1)NC(C1CCNCC1)C1CC(O)C1. The molecule has 1 aromatic carbocycles. The fourth-order valence-electron chi connectivity index (χ4n) is 3.91. The molecule has 1 heterocycles. The second-order valence-electron chi connectivity index (χ2n) is 7.19. The molecule has 2 aliphatic rings. The van der Waals surface area contributed by atoms with Gasteiger partial charge in [0.05, 0.1) is 6.10 Å². The molecule has 0 radical (unpaired) electrons. The van der Waals surface area contributed by atoms with E-state index in [4.69, 9.17) is 11.6 Å². The lowest BCUT2D eigenvalue weighted by Gasteiger charge is -2.43. The van der Waals surface area contributed by atoms with Crippen LogP contribution in [0.3, 0.4) is 0 Å². The van der Waals surface area contributed by atoms with E-state index in [1.165, 1.54) is 0 Å². The van der Waals surface area contributed by atoms with E-state index < -0.39 is 0 Å². The lowest BCUT2D eigenvalue weighted by molar-refractivity contribution is -0.123. The van der Waals surface area contributed by atoms with Crippen molar-refractivity contribution in [1.29, 1.82) is 0 Å². The number of carbonyl (C=O) groups excluding carboxylic acids is 1. The molecule has 1 unspecified atom stereocenters. The lowest BCUT2D eigenvalue weighted by Crippen LogP contribution is -2.52. The largest absolute Gasteiger partial charge is 0.393 e. The molecule has 4 nitrogen and oxygen atoms in total. The summed E-state index contributed by atoms with van der Waals surface area (Å²) in [5.41, 5.74) is 1.13. The van der Waals surface area contributed by atoms with Crippen molar-refractivity contribution < 1.29 is 9.90 Å². The first-order valence-electron chi connectivity index (χ1n) is 9.04. The van der Waals surface area contributed by atoms with Crippen molar-refractivity contribution in [3.63, 3.8) is 0 Å². The molecule has 0 aromatic heterocycles. The highest BCUT2D eigenvalue weighted by molar-refractivity contribution is 6.30. The highest BCUT2D eigenvalue weighted by Crippen LogP contribution is 2.35. The van der Waals surface area contributed by atoms with Gasteiger partial charge < -0.3 is 15.7 Å². The molecule has 6 heteroatoms. The van der Waals surface area contributed by atoms with Crippen LogP contribution in [0.25, 0.3) is 0 Å². The number of rotatable bonds is 6. The van der Waals surface area contributed by atoms with Crippen LogP contribution < -0.4 is 10.6 Å². The maximum atomic E-state index is 12.4. The first-order valence-corrected chi connectivity index (χ1v) is 9.42. The van der Waals surface area contributed by atoms with Crippen molar-refractivity contribution in [2.24, 2.45) is 11.8 Å². The molecule has 3 rings (SSSR count). The van der Waals surface area contributed by atoms with Crippen molar-refractivity contribution >= 4 is 29.9 Å². The topological polar surface area (TPSA) is 61.4 Å². The van der Waals surface area contributed by atoms with Gasteiger partial charge in [-0.25, -0.2) is 0 Å². The average Bonchev–Trinajstić information content (AvgIpc) is 2.57. The first kappa shape index (κ1) is 20.5. The molecule has 1 aliphatic heterocycles. The van der Waals surface area contributed by atoms with Gasteiger partial charge >= 0.3 is 0 Å². The van der Waals surface area contributed by atoms with Gasteiger partial charge in [0.25, 0.3) is 0 Å². The van der Waals surface area contributed by atoms with E-state index in [2.05, 4.69) is 10.6 Å². The van der Waals surface area contributed by atoms with Gasteiger partial charge in [0.15, 0.2) is 0 Å². The first-order chi connectivity index (χ1) is 11.6. The number of benzene rings is 1. The summed E-state index contributed by atoms with van der Waals surface area (Å²) in [4.78, 5) is 12.4. The van der Waals surface area contributed by atoms with E-state index in [1.807, 2.05) is 24.3 Å². The van der Waals surface area contributed by atoms with E-state index in [9.17, 15) is 9.90 Å². The van der Waals surface area contributed by atoms with Gasteiger partial charge in [0, 0.05) is 17.5 Å². The fraction of sp³-hybridized carbons (Fsp3) is 0.632. The number of aliphatic hydroxyl groups is 1. The molecule has 1 atom stereocenters. The molecule has 1 saturated heterocycles. The number of amides is 1.